The Morgan fingerprint density at radius 3 is 1.29 bits per heavy atom. The van der Waals surface area contributed by atoms with E-state index in [2.05, 4.69) is 111 Å². The first-order valence-electron chi connectivity index (χ1n) is 10.3. The third-order valence-electron chi connectivity index (χ3n) is 4.60. The number of hydrogen-bond acceptors (Lipinski definition) is 2. The number of hydrogen-bond donors (Lipinski definition) is 2. The average molecular weight is 373 g/mol. The van der Waals surface area contributed by atoms with Crippen molar-refractivity contribution in [3.05, 3.63) is 83.9 Å². The fraction of sp³-hybridized carbons (Fsp3) is 0.308. The summed E-state index contributed by atoms with van der Waals surface area (Å²) < 4.78 is 0. The van der Waals surface area contributed by atoms with E-state index >= 15 is 0 Å². The molecule has 146 valence electrons. The van der Waals surface area contributed by atoms with Crippen LogP contribution in [-0.4, -0.2) is 0 Å². The Labute approximate surface area is 170 Å². The highest BCUT2D eigenvalue weighted by Gasteiger charge is 2.02. The van der Waals surface area contributed by atoms with Crippen LogP contribution in [0.5, 0.6) is 0 Å². The lowest BCUT2D eigenvalue weighted by Gasteiger charge is -2.12. The van der Waals surface area contributed by atoms with E-state index in [9.17, 15) is 0 Å². The minimum atomic E-state index is 0.666. The zero-order valence-electron chi connectivity index (χ0n) is 17.5. The van der Waals surface area contributed by atoms with E-state index in [4.69, 9.17) is 0 Å². The summed E-state index contributed by atoms with van der Waals surface area (Å²) in [6, 6.07) is 25.9. The zero-order valence-corrected chi connectivity index (χ0v) is 17.5. The third kappa shape index (κ3) is 6.16. The van der Waals surface area contributed by atoms with Crippen LogP contribution < -0.4 is 10.6 Å². The maximum atomic E-state index is 3.51. The van der Waals surface area contributed by atoms with E-state index in [1.807, 2.05) is 0 Å². The molecule has 0 aliphatic rings. The minimum absolute atomic E-state index is 0.666. The summed E-state index contributed by atoms with van der Waals surface area (Å²) in [5.74, 6) is 1.33. The van der Waals surface area contributed by atoms with Gasteiger partial charge in [0, 0.05) is 22.7 Å². The molecule has 0 unspecified atom stereocenters. The quantitative estimate of drug-likeness (QED) is 0.426. The summed E-state index contributed by atoms with van der Waals surface area (Å²) >= 11 is 0. The fourth-order valence-electron chi connectivity index (χ4n) is 3.47. The molecular formula is C26H32N2. The molecule has 0 saturated carbocycles. The predicted molar refractivity (Wildman–Crippen MR) is 123 cm³/mol. The first-order chi connectivity index (χ1) is 13.5. The maximum Gasteiger partial charge on any atom is 0.0386 e. The second kappa shape index (κ2) is 9.45. The topological polar surface area (TPSA) is 24.1 Å². The van der Waals surface area contributed by atoms with Crippen LogP contribution in [0.25, 0.3) is 0 Å². The highest BCUT2D eigenvalue weighted by molar-refractivity contribution is 5.66. The lowest BCUT2D eigenvalue weighted by Crippen LogP contribution is -1.97. The first kappa shape index (κ1) is 20.0. The molecule has 0 aromatic heterocycles. The number of rotatable bonds is 8. The molecule has 3 aromatic carbocycles. The normalized spacial score (nSPS) is 11.1. The zero-order chi connectivity index (χ0) is 19.9. The number of nitrogens with one attached hydrogen (secondary N) is 2. The van der Waals surface area contributed by atoms with Crippen LogP contribution in [0.2, 0.25) is 0 Å². The summed E-state index contributed by atoms with van der Waals surface area (Å²) in [5.41, 5.74) is 7.22. The molecule has 0 aliphatic carbocycles. The van der Waals surface area contributed by atoms with Crippen LogP contribution in [0.15, 0.2) is 72.8 Å². The van der Waals surface area contributed by atoms with Gasteiger partial charge >= 0.3 is 0 Å². The molecule has 0 spiro atoms. The molecular weight excluding hydrogens is 340 g/mol. The molecule has 2 N–H and O–H groups in total. The van der Waals surface area contributed by atoms with Crippen LogP contribution >= 0.6 is 0 Å². The Hall–Kier alpha value is -2.74. The van der Waals surface area contributed by atoms with E-state index in [1.54, 1.807) is 0 Å². The van der Waals surface area contributed by atoms with Gasteiger partial charge in [-0.1, -0.05) is 52.0 Å². The minimum Gasteiger partial charge on any atom is -0.356 e. The van der Waals surface area contributed by atoms with Crippen molar-refractivity contribution in [1.29, 1.82) is 0 Å². The molecule has 0 bridgehead atoms. The Morgan fingerprint density at radius 2 is 0.929 bits per heavy atom. The molecule has 0 amide bonds. The van der Waals surface area contributed by atoms with Crippen molar-refractivity contribution < 1.29 is 0 Å². The van der Waals surface area contributed by atoms with Crippen LogP contribution in [0.1, 0.15) is 38.8 Å². The standard InChI is InChI=1S/C26H32N2/c1-19(2)15-21-7-5-9-25(17-21)27-23-11-13-24(14-12-23)28-26-10-6-8-22(18-26)16-20(3)4/h5-14,17-20,27-28H,15-16H2,1-4H3. The van der Waals surface area contributed by atoms with Crippen molar-refractivity contribution in [1.82, 2.24) is 0 Å². The summed E-state index contributed by atoms with van der Waals surface area (Å²) in [4.78, 5) is 0. The molecule has 2 heteroatoms. The van der Waals surface area contributed by atoms with Crippen molar-refractivity contribution in [2.45, 2.75) is 40.5 Å². The second-order valence-electron chi connectivity index (χ2n) is 8.42. The summed E-state index contributed by atoms with van der Waals surface area (Å²) in [5, 5.41) is 7.02. The van der Waals surface area contributed by atoms with Crippen molar-refractivity contribution in [2.24, 2.45) is 11.8 Å². The molecule has 0 fully saturated rings. The summed E-state index contributed by atoms with van der Waals surface area (Å²) in [6.45, 7) is 9.02. The third-order valence-corrected chi connectivity index (χ3v) is 4.60. The van der Waals surface area contributed by atoms with Gasteiger partial charge in [0.05, 0.1) is 0 Å². The first-order valence-corrected chi connectivity index (χ1v) is 10.3. The van der Waals surface area contributed by atoms with Gasteiger partial charge in [0.25, 0.3) is 0 Å². The molecule has 3 aromatic rings. The van der Waals surface area contributed by atoms with Gasteiger partial charge in [-0.05, 0) is 84.3 Å². The Balaban J connectivity index is 1.64. The van der Waals surface area contributed by atoms with Crippen molar-refractivity contribution in [3.8, 4) is 0 Å². The molecule has 3 rings (SSSR count). The van der Waals surface area contributed by atoms with E-state index in [0.29, 0.717) is 11.8 Å². The number of anilines is 4. The SMILES string of the molecule is CC(C)Cc1cccc(Nc2ccc(Nc3cccc(CC(C)C)c3)cc2)c1. The maximum absolute atomic E-state index is 3.51. The van der Waals surface area contributed by atoms with Crippen molar-refractivity contribution in [3.63, 3.8) is 0 Å². The van der Waals surface area contributed by atoms with Gasteiger partial charge in [0.15, 0.2) is 0 Å². The van der Waals surface area contributed by atoms with Crippen molar-refractivity contribution in [2.75, 3.05) is 10.6 Å². The Bertz CT molecular complexity index is 804. The molecule has 28 heavy (non-hydrogen) atoms. The fourth-order valence-corrected chi connectivity index (χ4v) is 3.47. The Kier molecular flexibility index (Phi) is 6.76. The van der Waals surface area contributed by atoms with Crippen LogP contribution in [0, 0.1) is 11.8 Å². The van der Waals surface area contributed by atoms with Crippen LogP contribution in [0.4, 0.5) is 22.7 Å². The largest absolute Gasteiger partial charge is 0.356 e. The summed E-state index contributed by atoms with van der Waals surface area (Å²) in [7, 11) is 0. The van der Waals surface area contributed by atoms with Gasteiger partial charge < -0.3 is 10.6 Å². The lowest BCUT2D eigenvalue weighted by molar-refractivity contribution is 0.647. The van der Waals surface area contributed by atoms with Gasteiger partial charge in [0.1, 0.15) is 0 Å². The van der Waals surface area contributed by atoms with Crippen LogP contribution in [-0.2, 0) is 12.8 Å². The van der Waals surface area contributed by atoms with Gasteiger partial charge in [-0.25, -0.2) is 0 Å². The monoisotopic (exact) mass is 372 g/mol. The molecule has 0 radical (unpaired) electrons. The average Bonchev–Trinajstić information content (AvgIpc) is 2.63. The van der Waals surface area contributed by atoms with Gasteiger partial charge in [-0.2, -0.15) is 0 Å². The highest BCUT2D eigenvalue weighted by Crippen LogP contribution is 2.23. The molecule has 0 saturated heterocycles. The highest BCUT2D eigenvalue weighted by atomic mass is 14.9. The molecule has 0 heterocycles. The Morgan fingerprint density at radius 1 is 0.536 bits per heavy atom. The molecule has 0 aliphatic heterocycles. The van der Waals surface area contributed by atoms with Crippen molar-refractivity contribution >= 4 is 22.7 Å². The van der Waals surface area contributed by atoms with E-state index in [0.717, 1.165) is 35.6 Å². The van der Waals surface area contributed by atoms with E-state index in [-0.39, 0.29) is 0 Å². The van der Waals surface area contributed by atoms with Gasteiger partial charge in [0.2, 0.25) is 0 Å². The molecule has 0 atom stereocenters. The van der Waals surface area contributed by atoms with Crippen LogP contribution in [0.3, 0.4) is 0 Å². The lowest BCUT2D eigenvalue weighted by atomic mass is 10.0. The second-order valence-corrected chi connectivity index (χ2v) is 8.42. The number of benzene rings is 3. The van der Waals surface area contributed by atoms with Gasteiger partial charge in [-0.3, -0.25) is 0 Å². The summed E-state index contributed by atoms with van der Waals surface area (Å²) in [6.07, 6.45) is 2.21. The predicted octanol–water partition coefficient (Wildman–Crippen LogP) is 7.57. The van der Waals surface area contributed by atoms with E-state index in [1.165, 1.54) is 11.1 Å². The van der Waals surface area contributed by atoms with E-state index < -0.39 is 0 Å². The molecule has 2 nitrogen and oxygen atoms in total. The smallest absolute Gasteiger partial charge is 0.0386 e. The van der Waals surface area contributed by atoms with Gasteiger partial charge in [-0.15, -0.1) is 0 Å².